The number of nitrogens with zero attached hydrogens (tertiary/aromatic N) is 1. The van der Waals surface area contributed by atoms with Gasteiger partial charge in [-0.1, -0.05) is 6.07 Å². The highest BCUT2D eigenvalue weighted by molar-refractivity contribution is 7.89. The summed E-state index contributed by atoms with van der Waals surface area (Å²) < 4.78 is 29.0. The fraction of sp³-hybridized carbons (Fsp3) is 0.0833. The molecule has 2 aromatic rings. The van der Waals surface area contributed by atoms with Crippen LogP contribution in [0.4, 0.5) is 0 Å². The van der Waals surface area contributed by atoms with E-state index in [0.29, 0.717) is 5.56 Å². The van der Waals surface area contributed by atoms with Gasteiger partial charge in [0, 0.05) is 4.88 Å². The summed E-state index contributed by atoms with van der Waals surface area (Å²) in [5, 5.41) is 8.73. The lowest BCUT2D eigenvalue weighted by Crippen LogP contribution is -2.07. The van der Waals surface area contributed by atoms with E-state index in [2.05, 4.69) is 0 Å². The van der Waals surface area contributed by atoms with E-state index in [1.165, 1.54) is 18.2 Å². The summed E-state index contributed by atoms with van der Waals surface area (Å²) in [6.07, 6.45) is 0. The maximum absolute atomic E-state index is 11.9. The van der Waals surface area contributed by atoms with Crippen LogP contribution in [0, 0.1) is 18.3 Å². The fourth-order valence-electron chi connectivity index (χ4n) is 1.33. The number of nitriles is 1. The zero-order valence-electron chi connectivity index (χ0n) is 9.45. The Morgan fingerprint density at radius 1 is 1.28 bits per heavy atom. The average molecular weight is 279 g/mol. The fourth-order valence-corrected chi connectivity index (χ4v) is 3.50. The van der Waals surface area contributed by atoms with E-state index in [9.17, 15) is 8.42 Å². The summed E-state index contributed by atoms with van der Waals surface area (Å²) in [6, 6.07) is 11.2. The number of thiophene rings is 1. The van der Waals surface area contributed by atoms with Gasteiger partial charge in [0.2, 0.25) is 0 Å². The van der Waals surface area contributed by atoms with Crippen molar-refractivity contribution in [2.45, 2.75) is 11.1 Å². The molecular weight excluding hydrogens is 270 g/mol. The van der Waals surface area contributed by atoms with Crippen LogP contribution in [0.5, 0.6) is 5.75 Å². The Morgan fingerprint density at radius 2 is 2.06 bits per heavy atom. The Bertz CT molecular complexity index is 711. The number of rotatable bonds is 3. The van der Waals surface area contributed by atoms with Gasteiger partial charge in [-0.2, -0.15) is 13.7 Å². The van der Waals surface area contributed by atoms with Crippen molar-refractivity contribution in [2.75, 3.05) is 0 Å². The molecule has 1 aromatic heterocycles. The van der Waals surface area contributed by atoms with Gasteiger partial charge < -0.3 is 4.18 Å². The maximum Gasteiger partial charge on any atom is 0.348 e. The zero-order chi connectivity index (χ0) is 13.2. The monoisotopic (exact) mass is 279 g/mol. The minimum absolute atomic E-state index is 0.139. The quantitative estimate of drug-likeness (QED) is 0.810. The molecule has 0 bridgehead atoms. The van der Waals surface area contributed by atoms with E-state index >= 15 is 0 Å². The lowest BCUT2D eigenvalue weighted by molar-refractivity contribution is 0.488. The van der Waals surface area contributed by atoms with Gasteiger partial charge in [-0.25, -0.2) is 0 Å². The molecule has 0 saturated heterocycles. The van der Waals surface area contributed by atoms with Crippen molar-refractivity contribution in [3.8, 4) is 11.8 Å². The molecule has 0 amide bonds. The minimum Gasteiger partial charge on any atom is -0.378 e. The lowest BCUT2D eigenvalue weighted by atomic mass is 10.2. The lowest BCUT2D eigenvalue weighted by Gasteiger charge is -2.04. The van der Waals surface area contributed by atoms with Gasteiger partial charge in [0.05, 0.1) is 11.6 Å². The molecule has 1 heterocycles. The second-order valence-corrected chi connectivity index (χ2v) is 6.60. The minimum atomic E-state index is -3.81. The molecule has 2 rings (SSSR count). The normalized spacial score (nSPS) is 10.9. The largest absolute Gasteiger partial charge is 0.378 e. The van der Waals surface area contributed by atoms with E-state index in [-0.39, 0.29) is 9.96 Å². The summed E-state index contributed by atoms with van der Waals surface area (Å²) in [5.41, 5.74) is 0.352. The molecule has 4 nitrogen and oxygen atoms in total. The van der Waals surface area contributed by atoms with Gasteiger partial charge >= 0.3 is 10.1 Å². The Hall–Kier alpha value is -1.84. The predicted octanol–water partition coefficient (Wildman–Crippen LogP) is 2.70. The van der Waals surface area contributed by atoms with Crippen molar-refractivity contribution in [1.82, 2.24) is 0 Å². The smallest absolute Gasteiger partial charge is 0.348 e. The predicted molar refractivity (Wildman–Crippen MR) is 68.0 cm³/mol. The van der Waals surface area contributed by atoms with Crippen LogP contribution in [-0.2, 0) is 10.1 Å². The molecule has 18 heavy (non-hydrogen) atoms. The Labute approximate surface area is 109 Å². The maximum atomic E-state index is 11.9. The molecule has 0 saturated carbocycles. The van der Waals surface area contributed by atoms with Crippen molar-refractivity contribution in [1.29, 1.82) is 5.26 Å². The topological polar surface area (TPSA) is 67.2 Å². The SMILES string of the molecule is Cc1ccc(S(=O)(=O)Oc2cccc(C#N)c2)s1. The third-order valence-corrected chi connectivity index (χ3v) is 4.83. The molecule has 0 fully saturated rings. The Kier molecular flexibility index (Phi) is 3.36. The zero-order valence-corrected chi connectivity index (χ0v) is 11.1. The third-order valence-electron chi connectivity index (χ3n) is 2.13. The average Bonchev–Trinajstić information content (AvgIpc) is 2.76. The number of benzene rings is 1. The van der Waals surface area contributed by atoms with E-state index in [0.717, 1.165) is 16.2 Å². The molecule has 0 aliphatic heterocycles. The molecule has 0 aliphatic rings. The van der Waals surface area contributed by atoms with Gasteiger partial charge in [0.1, 0.15) is 5.75 Å². The van der Waals surface area contributed by atoms with Gasteiger partial charge in [-0.05, 0) is 37.3 Å². The number of aryl methyl sites for hydroxylation is 1. The van der Waals surface area contributed by atoms with Crippen LogP contribution >= 0.6 is 11.3 Å². The molecule has 1 aromatic carbocycles. The van der Waals surface area contributed by atoms with E-state index in [1.54, 1.807) is 18.2 Å². The highest BCUT2D eigenvalue weighted by Crippen LogP contribution is 2.25. The second-order valence-electron chi connectivity index (χ2n) is 3.54. The summed E-state index contributed by atoms with van der Waals surface area (Å²) >= 11 is 1.15. The van der Waals surface area contributed by atoms with Crippen molar-refractivity contribution in [2.24, 2.45) is 0 Å². The Morgan fingerprint density at radius 3 is 2.67 bits per heavy atom. The summed E-state index contributed by atoms with van der Waals surface area (Å²) in [5.74, 6) is 0.139. The van der Waals surface area contributed by atoms with E-state index in [4.69, 9.17) is 9.44 Å². The van der Waals surface area contributed by atoms with E-state index in [1.807, 2.05) is 13.0 Å². The Balaban J connectivity index is 2.31. The molecule has 6 heteroatoms. The van der Waals surface area contributed by atoms with Crippen LogP contribution in [0.1, 0.15) is 10.4 Å². The molecule has 0 unspecified atom stereocenters. The molecule has 0 spiro atoms. The molecule has 0 radical (unpaired) electrons. The van der Waals surface area contributed by atoms with Crippen molar-refractivity contribution >= 4 is 21.5 Å². The molecule has 92 valence electrons. The molecule has 0 N–H and O–H groups in total. The van der Waals surface area contributed by atoms with Crippen molar-refractivity contribution < 1.29 is 12.6 Å². The standard InChI is InChI=1S/C12H9NO3S2/c1-9-5-6-12(17-9)18(14,15)16-11-4-2-3-10(7-11)8-13/h2-7H,1H3. The van der Waals surface area contributed by atoms with Crippen LogP contribution < -0.4 is 4.18 Å². The first kappa shape index (κ1) is 12.6. The van der Waals surface area contributed by atoms with Gasteiger partial charge in [0.25, 0.3) is 0 Å². The van der Waals surface area contributed by atoms with Gasteiger partial charge in [-0.3, -0.25) is 0 Å². The first-order chi connectivity index (χ1) is 8.51. The van der Waals surface area contributed by atoms with Crippen molar-refractivity contribution in [3.05, 3.63) is 46.8 Å². The first-order valence-corrected chi connectivity index (χ1v) is 7.25. The highest BCUT2D eigenvalue weighted by atomic mass is 32.3. The van der Waals surface area contributed by atoms with Crippen LogP contribution in [-0.4, -0.2) is 8.42 Å². The molecule has 0 aliphatic carbocycles. The number of hydrogen-bond acceptors (Lipinski definition) is 5. The van der Waals surface area contributed by atoms with Crippen LogP contribution in [0.25, 0.3) is 0 Å². The summed E-state index contributed by atoms with van der Waals surface area (Å²) in [7, 11) is -3.81. The van der Waals surface area contributed by atoms with Crippen molar-refractivity contribution in [3.63, 3.8) is 0 Å². The van der Waals surface area contributed by atoms with Gasteiger partial charge in [-0.15, -0.1) is 11.3 Å². The molecule has 0 atom stereocenters. The highest BCUT2D eigenvalue weighted by Gasteiger charge is 2.18. The van der Waals surface area contributed by atoms with Crippen LogP contribution in [0.2, 0.25) is 0 Å². The molecular formula is C12H9NO3S2. The third kappa shape index (κ3) is 2.70. The second kappa shape index (κ2) is 4.80. The number of hydrogen-bond donors (Lipinski definition) is 0. The van der Waals surface area contributed by atoms with Crippen LogP contribution in [0.15, 0.2) is 40.6 Å². The summed E-state index contributed by atoms with van der Waals surface area (Å²) in [6.45, 7) is 1.82. The first-order valence-electron chi connectivity index (χ1n) is 5.02. The van der Waals surface area contributed by atoms with Crippen LogP contribution in [0.3, 0.4) is 0 Å². The summed E-state index contributed by atoms with van der Waals surface area (Å²) in [4.78, 5) is 0.892. The van der Waals surface area contributed by atoms with E-state index < -0.39 is 10.1 Å². The van der Waals surface area contributed by atoms with Gasteiger partial charge in [0.15, 0.2) is 4.21 Å².